The molecule has 1 atom stereocenters. The first kappa shape index (κ1) is 10.6. The molecule has 0 saturated heterocycles. The van der Waals surface area contributed by atoms with Crippen molar-refractivity contribution in [2.75, 3.05) is 0 Å². The predicted octanol–water partition coefficient (Wildman–Crippen LogP) is 2.13. The van der Waals surface area contributed by atoms with Crippen LogP contribution in [0.25, 0.3) is 0 Å². The molecule has 72 valence electrons. The van der Waals surface area contributed by atoms with E-state index in [-0.39, 0.29) is 17.2 Å². The topological polar surface area (TPSA) is 46.5 Å². The summed E-state index contributed by atoms with van der Waals surface area (Å²) in [6.07, 6.45) is 0. The Labute approximate surface area is 82.0 Å². The Kier molecular flexibility index (Phi) is 3.80. The van der Waals surface area contributed by atoms with E-state index >= 15 is 0 Å². The smallest absolute Gasteiger partial charge is 0.284 e. The zero-order valence-corrected chi connectivity index (χ0v) is 7.94. The van der Waals surface area contributed by atoms with Crippen molar-refractivity contribution in [3.05, 3.63) is 34.6 Å². The second-order valence-corrected chi connectivity index (χ2v) is 3.27. The van der Waals surface area contributed by atoms with Crippen molar-refractivity contribution in [3.8, 4) is 0 Å². The molecular weight excluding hydrogens is 219 g/mol. The lowest BCUT2D eigenvalue weighted by Gasteiger charge is -2.02. The third kappa shape index (κ3) is 3.04. The van der Waals surface area contributed by atoms with Crippen molar-refractivity contribution in [2.45, 2.75) is 6.61 Å². The molecule has 0 amide bonds. The molecule has 1 aromatic carbocycles. The molecule has 1 unspecified atom stereocenters. The molecule has 1 aromatic rings. The highest BCUT2D eigenvalue weighted by atomic mass is 35.5. The summed E-state index contributed by atoms with van der Waals surface area (Å²) in [6.45, 7) is -0.282. The maximum absolute atomic E-state index is 13.1. The van der Waals surface area contributed by atoms with E-state index in [0.717, 1.165) is 0 Å². The lowest BCUT2D eigenvalue weighted by molar-refractivity contribution is 0.292. The Morgan fingerprint density at radius 2 is 2.31 bits per heavy atom. The number of halogens is 2. The molecule has 0 radical (unpaired) electrons. The third-order valence-corrected chi connectivity index (χ3v) is 1.96. The van der Waals surface area contributed by atoms with E-state index in [1.165, 1.54) is 18.2 Å². The summed E-state index contributed by atoms with van der Waals surface area (Å²) in [7, 11) is 0. The van der Waals surface area contributed by atoms with E-state index in [0.29, 0.717) is 0 Å². The molecule has 0 aliphatic rings. The predicted molar refractivity (Wildman–Crippen MR) is 47.0 cm³/mol. The van der Waals surface area contributed by atoms with Crippen molar-refractivity contribution in [3.63, 3.8) is 0 Å². The highest BCUT2D eigenvalue weighted by Crippen LogP contribution is 2.18. The monoisotopic (exact) mass is 224 g/mol. The average molecular weight is 225 g/mol. The fraction of sp³-hybridized carbons (Fsp3) is 0.143. The average Bonchev–Trinajstić information content (AvgIpc) is 2.07. The summed E-state index contributed by atoms with van der Waals surface area (Å²) in [5, 5.41) is -0.0372. The zero-order valence-electron chi connectivity index (χ0n) is 6.37. The number of hydrogen-bond donors (Lipinski definition) is 1. The maximum atomic E-state index is 13.1. The minimum atomic E-state index is -2.39. The van der Waals surface area contributed by atoms with E-state index in [2.05, 4.69) is 4.18 Å². The fourth-order valence-electron chi connectivity index (χ4n) is 0.774. The van der Waals surface area contributed by atoms with Crippen molar-refractivity contribution >= 4 is 23.0 Å². The molecule has 3 nitrogen and oxygen atoms in total. The van der Waals surface area contributed by atoms with Crippen LogP contribution in [0.5, 0.6) is 0 Å². The van der Waals surface area contributed by atoms with Gasteiger partial charge in [0.1, 0.15) is 5.82 Å². The molecule has 6 heteroatoms. The summed E-state index contributed by atoms with van der Waals surface area (Å²) in [6, 6.07) is 4.34. The van der Waals surface area contributed by atoms with Crippen molar-refractivity contribution in [2.24, 2.45) is 0 Å². The first-order valence-corrected chi connectivity index (χ1v) is 4.69. The SMILES string of the molecule is O=S(O)OCc1cccc(Cl)c1F. The summed E-state index contributed by atoms with van der Waals surface area (Å²) in [5.74, 6) is -0.630. The maximum Gasteiger partial charge on any atom is 0.302 e. The lowest BCUT2D eigenvalue weighted by Crippen LogP contribution is -1.98. The van der Waals surface area contributed by atoms with Crippen LogP contribution in [0.3, 0.4) is 0 Å². The number of hydrogen-bond acceptors (Lipinski definition) is 2. The number of rotatable bonds is 3. The first-order valence-electron chi connectivity index (χ1n) is 3.28. The van der Waals surface area contributed by atoms with Gasteiger partial charge in [-0.2, -0.15) is 4.21 Å². The van der Waals surface area contributed by atoms with Gasteiger partial charge in [-0.05, 0) is 6.07 Å². The molecule has 0 heterocycles. The lowest BCUT2D eigenvalue weighted by atomic mass is 10.2. The Hall–Kier alpha value is -0.490. The largest absolute Gasteiger partial charge is 0.302 e. The van der Waals surface area contributed by atoms with Crippen LogP contribution in [-0.4, -0.2) is 8.76 Å². The molecule has 0 bridgehead atoms. The normalized spacial score (nSPS) is 12.8. The van der Waals surface area contributed by atoms with Gasteiger partial charge in [-0.15, -0.1) is 0 Å². The Morgan fingerprint density at radius 1 is 1.62 bits per heavy atom. The minimum Gasteiger partial charge on any atom is -0.284 e. The summed E-state index contributed by atoms with van der Waals surface area (Å²) in [5.41, 5.74) is 0.148. The van der Waals surface area contributed by atoms with Crippen molar-refractivity contribution in [1.82, 2.24) is 0 Å². The molecular formula is C7H6ClFO3S. The van der Waals surface area contributed by atoms with Gasteiger partial charge in [0.2, 0.25) is 0 Å². The highest BCUT2D eigenvalue weighted by molar-refractivity contribution is 7.74. The molecule has 1 N–H and O–H groups in total. The molecule has 0 fully saturated rings. The number of benzene rings is 1. The van der Waals surface area contributed by atoms with Crippen molar-refractivity contribution in [1.29, 1.82) is 0 Å². The molecule has 0 spiro atoms. The summed E-state index contributed by atoms with van der Waals surface area (Å²) < 4.78 is 35.7. The first-order chi connectivity index (χ1) is 6.11. The van der Waals surface area contributed by atoms with E-state index in [4.69, 9.17) is 16.2 Å². The summed E-state index contributed by atoms with van der Waals surface area (Å²) in [4.78, 5) is 0. The van der Waals surface area contributed by atoms with E-state index in [1.54, 1.807) is 0 Å². The fourth-order valence-corrected chi connectivity index (χ4v) is 1.20. The van der Waals surface area contributed by atoms with Crippen LogP contribution in [0.1, 0.15) is 5.56 Å². The molecule has 0 aliphatic carbocycles. The Balaban J connectivity index is 2.77. The van der Waals surface area contributed by atoms with Gasteiger partial charge in [-0.3, -0.25) is 8.74 Å². The Bertz CT molecular complexity index is 332. The molecule has 0 aliphatic heterocycles. The molecule has 0 aromatic heterocycles. The van der Waals surface area contributed by atoms with E-state index in [9.17, 15) is 8.60 Å². The van der Waals surface area contributed by atoms with Crippen LogP contribution in [0.15, 0.2) is 18.2 Å². The minimum absolute atomic E-state index is 0.0372. The second kappa shape index (κ2) is 4.66. The van der Waals surface area contributed by atoms with Gasteiger partial charge < -0.3 is 0 Å². The highest BCUT2D eigenvalue weighted by Gasteiger charge is 2.06. The van der Waals surface area contributed by atoms with E-state index in [1.807, 2.05) is 0 Å². The van der Waals surface area contributed by atoms with Crippen molar-refractivity contribution < 1.29 is 17.3 Å². The third-order valence-electron chi connectivity index (χ3n) is 1.35. The van der Waals surface area contributed by atoms with Crippen LogP contribution in [0, 0.1) is 5.82 Å². The molecule has 0 saturated carbocycles. The van der Waals surface area contributed by atoms with Gasteiger partial charge in [0, 0.05) is 5.56 Å². The van der Waals surface area contributed by atoms with E-state index < -0.39 is 17.2 Å². The van der Waals surface area contributed by atoms with Gasteiger partial charge in [0.15, 0.2) is 0 Å². The van der Waals surface area contributed by atoms with Gasteiger partial charge >= 0.3 is 11.4 Å². The van der Waals surface area contributed by atoms with Gasteiger partial charge in [-0.1, -0.05) is 23.7 Å². The zero-order chi connectivity index (χ0) is 9.84. The van der Waals surface area contributed by atoms with Gasteiger partial charge in [0.25, 0.3) is 0 Å². The van der Waals surface area contributed by atoms with Crippen LogP contribution in [0.4, 0.5) is 4.39 Å². The Morgan fingerprint density at radius 3 is 2.92 bits per heavy atom. The van der Waals surface area contributed by atoms with Gasteiger partial charge in [-0.25, -0.2) is 4.39 Å². The van der Waals surface area contributed by atoms with Crippen LogP contribution < -0.4 is 0 Å². The molecule has 1 rings (SSSR count). The quantitative estimate of drug-likeness (QED) is 0.801. The van der Waals surface area contributed by atoms with Gasteiger partial charge in [0.05, 0.1) is 11.6 Å². The second-order valence-electron chi connectivity index (χ2n) is 2.19. The van der Waals surface area contributed by atoms with Crippen LogP contribution in [-0.2, 0) is 22.2 Å². The van der Waals surface area contributed by atoms with Crippen LogP contribution in [0.2, 0.25) is 5.02 Å². The summed E-state index contributed by atoms with van der Waals surface area (Å²) >= 11 is 3.07. The standard InChI is InChI=1S/C7H6ClFO3S/c8-6-3-1-2-5(7(6)9)4-12-13(10)11/h1-3H,4H2,(H,10,11). The molecule has 13 heavy (non-hydrogen) atoms. The van der Waals surface area contributed by atoms with Crippen LogP contribution >= 0.6 is 11.6 Å².